The highest BCUT2D eigenvalue weighted by molar-refractivity contribution is 5.97. The molecule has 8 heteroatoms. The van der Waals surface area contributed by atoms with E-state index in [1.54, 1.807) is 20.8 Å². The number of carbonyl (C=O) groups excluding carboxylic acids is 3. The molecule has 0 aliphatic rings. The van der Waals surface area contributed by atoms with E-state index in [2.05, 4.69) is 21.0 Å². The molecule has 0 radical (unpaired) electrons. The number of carbonyl (C=O) groups is 3. The smallest absolute Gasteiger partial charge is 0.272 e. The second-order valence-corrected chi connectivity index (χ2v) is 5.94. The molecule has 1 aromatic heterocycles. The maximum atomic E-state index is 12.3. The number of anilines is 1. The van der Waals surface area contributed by atoms with Crippen molar-refractivity contribution in [2.24, 2.45) is 5.92 Å². The minimum Gasteiger partial charge on any atom is -0.355 e. The van der Waals surface area contributed by atoms with Gasteiger partial charge in [-0.2, -0.15) is 5.10 Å². The summed E-state index contributed by atoms with van der Waals surface area (Å²) in [5.74, 6) is -0.791. The Kier molecular flexibility index (Phi) is 6.48. The van der Waals surface area contributed by atoms with E-state index >= 15 is 0 Å². The molecule has 0 saturated carbocycles. The lowest BCUT2D eigenvalue weighted by molar-refractivity contribution is -0.120. The third-order valence-electron chi connectivity index (χ3n) is 3.50. The minimum absolute atomic E-state index is 0.109. The van der Waals surface area contributed by atoms with Gasteiger partial charge in [0.15, 0.2) is 5.69 Å². The summed E-state index contributed by atoms with van der Waals surface area (Å²) in [6, 6.07) is 10.6. The second-order valence-electron chi connectivity index (χ2n) is 5.94. The first kappa shape index (κ1) is 19.2. The van der Waals surface area contributed by atoms with Crippen molar-refractivity contribution < 1.29 is 14.4 Å². The molecule has 1 heterocycles. The molecule has 2 aromatic rings. The van der Waals surface area contributed by atoms with Gasteiger partial charge in [0.1, 0.15) is 5.82 Å². The average molecular weight is 357 g/mol. The number of likely N-dealkylation sites (N-methyl/N-ethyl adjacent to an activating group) is 1. The highest BCUT2D eigenvalue weighted by Gasteiger charge is 2.18. The molecule has 2 rings (SSSR count). The Hall–Kier alpha value is -3.16. The Balaban J connectivity index is 2.25. The van der Waals surface area contributed by atoms with Gasteiger partial charge in [-0.25, -0.2) is 4.68 Å². The van der Waals surface area contributed by atoms with Gasteiger partial charge in [0.05, 0.1) is 12.2 Å². The summed E-state index contributed by atoms with van der Waals surface area (Å²) in [4.78, 5) is 35.8. The molecular weight excluding hydrogens is 334 g/mol. The molecule has 0 atom stereocenters. The molecule has 0 spiro atoms. The van der Waals surface area contributed by atoms with Crippen LogP contribution in [0.1, 0.15) is 31.3 Å². The highest BCUT2D eigenvalue weighted by atomic mass is 16.2. The molecule has 3 amide bonds. The molecule has 8 nitrogen and oxygen atoms in total. The van der Waals surface area contributed by atoms with Crippen molar-refractivity contribution >= 4 is 23.5 Å². The van der Waals surface area contributed by atoms with Crippen molar-refractivity contribution in [2.45, 2.75) is 20.8 Å². The van der Waals surface area contributed by atoms with Gasteiger partial charge in [0.2, 0.25) is 11.8 Å². The van der Waals surface area contributed by atoms with Crippen molar-refractivity contribution in [1.82, 2.24) is 20.4 Å². The number of amides is 3. The number of nitrogens with one attached hydrogen (secondary N) is 3. The van der Waals surface area contributed by atoms with Crippen molar-refractivity contribution in [1.29, 1.82) is 0 Å². The van der Waals surface area contributed by atoms with Crippen molar-refractivity contribution in [3.63, 3.8) is 0 Å². The Bertz CT molecular complexity index is 783. The predicted octanol–water partition coefficient (Wildman–Crippen LogP) is 1.33. The number of aromatic nitrogens is 2. The van der Waals surface area contributed by atoms with E-state index in [9.17, 15) is 14.4 Å². The van der Waals surface area contributed by atoms with Crippen molar-refractivity contribution in [2.75, 3.05) is 18.4 Å². The van der Waals surface area contributed by atoms with E-state index in [1.165, 1.54) is 10.7 Å². The SMILES string of the molecule is CCNC(=O)CNC(=O)c1cc(NC(=O)C(C)C)n(-c2ccccc2)n1. The third-order valence-corrected chi connectivity index (χ3v) is 3.50. The van der Waals surface area contributed by atoms with Crippen molar-refractivity contribution in [3.05, 3.63) is 42.1 Å². The first-order valence-electron chi connectivity index (χ1n) is 8.43. The lowest BCUT2D eigenvalue weighted by Gasteiger charge is -2.10. The zero-order valence-corrected chi connectivity index (χ0v) is 15.1. The van der Waals surface area contributed by atoms with Crippen molar-refractivity contribution in [3.8, 4) is 5.69 Å². The van der Waals surface area contributed by atoms with Gasteiger partial charge in [-0.15, -0.1) is 0 Å². The van der Waals surface area contributed by atoms with Crippen LogP contribution in [0.3, 0.4) is 0 Å². The van der Waals surface area contributed by atoms with Crippen LogP contribution in [0.25, 0.3) is 5.69 Å². The van der Waals surface area contributed by atoms with Gasteiger partial charge in [0, 0.05) is 18.5 Å². The summed E-state index contributed by atoms with van der Waals surface area (Å²) >= 11 is 0. The van der Waals surface area contributed by atoms with Gasteiger partial charge in [-0.3, -0.25) is 14.4 Å². The summed E-state index contributed by atoms with van der Waals surface area (Å²) in [5, 5.41) is 12.2. The number of nitrogens with zero attached hydrogens (tertiary/aromatic N) is 2. The van der Waals surface area contributed by atoms with Crippen LogP contribution in [-0.2, 0) is 9.59 Å². The van der Waals surface area contributed by atoms with E-state index in [0.29, 0.717) is 18.1 Å². The number of rotatable bonds is 7. The number of para-hydroxylation sites is 1. The lowest BCUT2D eigenvalue weighted by Crippen LogP contribution is -2.36. The van der Waals surface area contributed by atoms with Crippen LogP contribution >= 0.6 is 0 Å². The fraction of sp³-hybridized carbons (Fsp3) is 0.333. The van der Waals surface area contributed by atoms with E-state index in [0.717, 1.165) is 0 Å². The molecule has 3 N–H and O–H groups in total. The third kappa shape index (κ3) is 4.92. The highest BCUT2D eigenvalue weighted by Crippen LogP contribution is 2.18. The van der Waals surface area contributed by atoms with Gasteiger partial charge < -0.3 is 16.0 Å². The van der Waals surface area contributed by atoms with Crippen LogP contribution in [0.4, 0.5) is 5.82 Å². The summed E-state index contributed by atoms with van der Waals surface area (Å²) in [5.41, 5.74) is 0.812. The van der Waals surface area contributed by atoms with E-state index in [4.69, 9.17) is 0 Å². The summed E-state index contributed by atoms with van der Waals surface area (Å²) in [7, 11) is 0. The largest absolute Gasteiger partial charge is 0.355 e. The predicted molar refractivity (Wildman–Crippen MR) is 98.0 cm³/mol. The molecule has 0 aliphatic heterocycles. The van der Waals surface area contributed by atoms with Gasteiger partial charge >= 0.3 is 0 Å². The Morgan fingerprint density at radius 3 is 2.42 bits per heavy atom. The maximum absolute atomic E-state index is 12.3. The monoisotopic (exact) mass is 357 g/mol. The van der Waals surface area contributed by atoms with Crippen LogP contribution in [0.15, 0.2) is 36.4 Å². The maximum Gasteiger partial charge on any atom is 0.272 e. The fourth-order valence-corrected chi connectivity index (χ4v) is 2.13. The Labute approximate surface area is 152 Å². The number of hydrogen-bond acceptors (Lipinski definition) is 4. The molecule has 0 aliphatic carbocycles. The molecular formula is C18H23N5O3. The Morgan fingerprint density at radius 1 is 1.12 bits per heavy atom. The fourth-order valence-electron chi connectivity index (χ4n) is 2.13. The van der Waals surface area contributed by atoms with Gasteiger partial charge in [-0.1, -0.05) is 32.0 Å². The molecule has 0 fully saturated rings. The summed E-state index contributed by atoms with van der Waals surface area (Å²) < 4.78 is 1.49. The number of benzene rings is 1. The average Bonchev–Trinajstić information content (AvgIpc) is 3.04. The number of hydrogen-bond donors (Lipinski definition) is 3. The van der Waals surface area contributed by atoms with Gasteiger partial charge in [-0.05, 0) is 19.1 Å². The van der Waals surface area contributed by atoms with Crippen LogP contribution in [0.5, 0.6) is 0 Å². The van der Waals surface area contributed by atoms with Gasteiger partial charge in [0.25, 0.3) is 5.91 Å². The van der Waals surface area contributed by atoms with E-state index in [1.807, 2.05) is 30.3 Å². The lowest BCUT2D eigenvalue weighted by atomic mass is 10.2. The molecule has 0 unspecified atom stereocenters. The topological polar surface area (TPSA) is 105 Å². The summed E-state index contributed by atoms with van der Waals surface area (Å²) in [6.07, 6.45) is 0. The van der Waals surface area contributed by atoms with Crippen LogP contribution in [0.2, 0.25) is 0 Å². The van der Waals surface area contributed by atoms with E-state index < -0.39 is 5.91 Å². The standard InChI is InChI=1S/C18H23N5O3/c1-4-19-16(24)11-20-18(26)14-10-15(21-17(25)12(2)3)23(22-14)13-8-6-5-7-9-13/h5-10,12H,4,11H2,1-3H3,(H,19,24)(H,20,26)(H,21,25). The molecule has 26 heavy (non-hydrogen) atoms. The van der Waals surface area contributed by atoms with Crippen LogP contribution < -0.4 is 16.0 Å². The zero-order valence-electron chi connectivity index (χ0n) is 15.1. The minimum atomic E-state index is -0.494. The van der Waals surface area contributed by atoms with Crippen LogP contribution in [-0.4, -0.2) is 40.6 Å². The first-order chi connectivity index (χ1) is 12.4. The Morgan fingerprint density at radius 2 is 1.81 bits per heavy atom. The zero-order chi connectivity index (χ0) is 19.1. The quantitative estimate of drug-likeness (QED) is 0.695. The van der Waals surface area contributed by atoms with Crippen LogP contribution in [0, 0.1) is 5.92 Å². The molecule has 0 bridgehead atoms. The molecule has 1 aromatic carbocycles. The summed E-state index contributed by atoms with van der Waals surface area (Å²) in [6.45, 7) is 5.70. The van der Waals surface area contributed by atoms with E-state index in [-0.39, 0.29) is 30.0 Å². The molecule has 0 saturated heterocycles. The molecule has 138 valence electrons. The first-order valence-corrected chi connectivity index (χ1v) is 8.43. The normalized spacial score (nSPS) is 10.5. The second kappa shape index (κ2) is 8.80.